The monoisotopic (exact) mass is 262 g/mol. The number of hydrogen-bond donors (Lipinski definition) is 1. The molecule has 1 aromatic carbocycles. The molecule has 0 heterocycles. The Kier molecular flexibility index (Phi) is 4.51. The van der Waals surface area contributed by atoms with Crippen molar-refractivity contribution in [1.82, 2.24) is 0 Å². The van der Waals surface area contributed by atoms with Crippen molar-refractivity contribution in [3.63, 3.8) is 0 Å². The zero-order chi connectivity index (χ0) is 13.9. The van der Waals surface area contributed by atoms with Crippen LogP contribution in [0.15, 0.2) is 18.2 Å². The highest BCUT2D eigenvalue weighted by atomic mass is 16.5. The van der Waals surface area contributed by atoms with Gasteiger partial charge in [0.1, 0.15) is 5.75 Å². The number of aryl methyl sites for hydroxylation is 1. The molecule has 0 radical (unpaired) electrons. The quantitative estimate of drug-likeness (QED) is 0.882. The minimum atomic E-state index is -0.624. The van der Waals surface area contributed by atoms with Crippen LogP contribution in [0.1, 0.15) is 56.6 Å². The molecule has 1 aliphatic rings. The van der Waals surface area contributed by atoms with Crippen molar-refractivity contribution >= 4 is 0 Å². The van der Waals surface area contributed by atoms with Gasteiger partial charge in [-0.25, -0.2) is 0 Å². The third kappa shape index (κ3) is 3.11. The lowest BCUT2D eigenvalue weighted by Gasteiger charge is -2.37. The smallest absolute Gasteiger partial charge is 0.119 e. The SMILES string of the molecule is CCCC1CCC(O)(c2ccc(OC)cc2C)CC1. The molecule has 1 saturated carbocycles. The first kappa shape index (κ1) is 14.4. The van der Waals surface area contributed by atoms with Crippen LogP contribution in [0.3, 0.4) is 0 Å². The van der Waals surface area contributed by atoms with Crippen LogP contribution in [-0.2, 0) is 5.60 Å². The molecule has 1 fully saturated rings. The van der Waals surface area contributed by atoms with E-state index in [1.165, 1.54) is 12.8 Å². The molecule has 2 nitrogen and oxygen atoms in total. The van der Waals surface area contributed by atoms with Crippen LogP contribution in [0.5, 0.6) is 5.75 Å². The van der Waals surface area contributed by atoms with Crippen molar-refractivity contribution in [1.29, 1.82) is 0 Å². The van der Waals surface area contributed by atoms with Gasteiger partial charge in [0.05, 0.1) is 12.7 Å². The average molecular weight is 262 g/mol. The summed E-state index contributed by atoms with van der Waals surface area (Å²) in [4.78, 5) is 0. The van der Waals surface area contributed by atoms with Crippen molar-refractivity contribution in [2.24, 2.45) is 5.92 Å². The van der Waals surface area contributed by atoms with E-state index in [0.29, 0.717) is 0 Å². The number of methoxy groups -OCH3 is 1. The molecule has 0 unspecified atom stereocenters. The Bertz CT molecular complexity index is 417. The highest BCUT2D eigenvalue weighted by Crippen LogP contribution is 2.42. The number of rotatable bonds is 4. The highest BCUT2D eigenvalue weighted by Gasteiger charge is 2.35. The summed E-state index contributed by atoms with van der Waals surface area (Å²) < 4.78 is 5.24. The van der Waals surface area contributed by atoms with E-state index in [1.54, 1.807) is 7.11 Å². The van der Waals surface area contributed by atoms with Crippen LogP contribution >= 0.6 is 0 Å². The standard InChI is InChI=1S/C17H26O2/c1-4-5-14-8-10-17(18,11-9-14)16-7-6-15(19-3)12-13(16)2/h6-7,12,14,18H,4-5,8-11H2,1-3H3. The third-order valence-corrected chi connectivity index (χ3v) is 4.56. The zero-order valence-corrected chi connectivity index (χ0v) is 12.4. The predicted molar refractivity (Wildman–Crippen MR) is 78.5 cm³/mol. The van der Waals surface area contributed by atoms with E-state index in [1.807, 2.05) is 18.2 Å². The number of ether oxygens (including phenoxy) is 1. The van der Waals surface area contributed by atoms with E-state index >= 15 is 0 Å². The second-order valence-corrected chi connectivity index (χ2v) is 5.94. The van der Waals surface area contributed by atoms with E-state index in [2.05, 4.69) is 13.8 Å². The molecule has 0 amide bonds. The summed E-state index contributed by atoms with van der Waals surface area (Å²) in [6.07, 6.45) is 6.64. The maximum atomic E-state index is 10.9. The maximum absolute atomic E-state index is 10.9. The lowest BCUT2D eigenvalue weighted by Crippen LogP contribution is -2.32. The summed E-state index contributed by atoms with van der Waals surface area (Å²) in [7, 11) is 1.68. The summed E-state index contributed by atoms with van der Waals surface area (Å²) in [6.45, 7) is 4.31. The number of benzene rings is 1. The van der Waals surface area contributed by atoms with Gasteiger partial charge >= 0.3 is 0 Å². The second kappa shape index (κ2) is 5.96. The molecule has 0 aromatic heterocycles. The van der Waals surface area contributed by atoms with Crippen molar-refractivity contribution in [2.45, 2.75) is 58.0 Å². The molecular formula is C17H26O2. The summed E-state index contributed by atoms with van der Waals surface area (Å²) in [6, 6.07) is 6.01. The molecule has 106 valence electrons. The minimum absolute atomic E-state index is 0.624. The number of hydrogen-bond acceptors (Lipinski definition) is 2. The van der Waals surface area contributed by atoms with Crippen LogP contribution < -0.4 is 4.74 Å². The lowest BCUT2D eigenvalue weighted by atomic mass is 9.73. The molecule has 0 spiro atoms. The average Bonchev–Trinajstić information content (AvgIpc) is 2.41. The van der Waals surface area contributed by atoms with Crippen molar-refractivity contribution < 1.29 is 9.84 Å². The van der Waals surface area contributed by atoms with E-state index < -0.39 is 5.60 Å². The maximum Gasteiger partial charge on any atom is 0.119 e. The van der Waals surface area contributed by atoms with Gasteiger partial charge in [-0.1, -0.05) is 25.8 Å². The normalized spacial score (nSPS) is 27.3. The first-order chi connectivity index (χ1) is 9.09. The molecule has 1 N–H and O–H groups in total. The summed E-state index contributed by atoms with van der Waals surface area (Å²) in [5.41, 5.74) is 1.60. The van der Waals surface area contributed by atoms with Gasteiger partial charge in [0.2, 0.25) is 0 Å². The fourth-order valence-electron chi connectivity index (χ4n) is 3.41. The summed E-state index contributed by atoms with van der Waals surface area (Å²) in [5.74, 6) is 1.67. The molecule has 0 saturated heterocycles. The highest BCUT2D eigenvalue weighted by molar-refractivity contribution is 5.38. The van der Waals surface area contributed by atoms with E-state index in [9.17, 15) is 5.11 Å². The Hall–Kier alpha value is -1.02. The fraction of sp³-hybridized carbons (Fsp3) is 0.647. The summed E-state index contributed by atoms with van der Waals surface area (Å²) >= 11 is 0. The van der Waals surface area contributed by atoms with Crippen LogP contribution in [0, 0.1) is 12.8 Å². The largest absolute Gasteiger partial charge is 0.497 e. The topological polar surface area (TPSA) is 29.5 Å². The number of aliphatic hydroxyl groups is 1. The van der Waals surface area contributed by atoms with Crippen LogP contribution in [0.2, 0.25) is 0 Å². The van der Waals surface area contributed by atoms with E-state index in [0.717, 1.165) is 48.5 Å². The van der Waals surface area contributed by atoms with Crippen LogP contribution in [0.4, 0.5) is 0 Å². The van der Waals surface area contributed by atoms with E-state index in [4.69, 9.17) is 4.74 Å². The Morgan fingerprint density at radius 3 is 2.53 bits per heavy atom. The zero-order valence-electron chi connectivity index (χ0n) is 12.4. The predicted octanol–water partition coefficient (Wildman–Crippen LogP) is 4.18. The third-order valence-electron chi connectivity index (χ3n) is 4.56. The Labute approximate surface area is 116 Å². The van der Waals surface area contributed by atoms with E-state index in [-0.39, 0.29) is 0 Å². The first-order valence-corrected chi connectivity index (χ1v) is 7.46. The fourth-order valence-corrected chi connectivity index (χ4v) is 3.41. The molecule has 0 bridgehead atoms. The first-order valence-electron chi connectivity index (χ1n) is 7.46. The summed E-state index contributed by atoms with van der Waals surface area (Å²) in [5, 5.41) is 10.9. The molecule has 19 heavy (non-hydrogen) atoms. The van der Waals surface area contributed by atoms with Crippen molar-refractivity contribution in [3.8, 4) is 5.75 Å². The second-order valence-electron chi connectivity index (χ2n) is 5.94. The Balaban J connectivity index is 2.13. The van der Waals surface area contributed by atoms with Crippen molar-refractivity contribution in [3.05, 3.63) is 29.3 Å². The minimum Gasteiger partial charge on any atom is -0.497 e. The lowest BCUT2D eigenvalue weighted by molar-refractivity contribution is -0.0157. The van der Waals surface area contributed by atoms with Gasteiger partial charge in [-0.15, -0.1) is 0 Å². The van der Waals surface area contributed by atoms with Crippen LogP contribution in [-0.4, -0.2) is 12.2 Å². The van der Waals surface area contributed by atoms with Crippen LogP contribution in [0.25, 0.3) is 0 Å². The van der Waals surface area contributed by atoms with Gasteiger partial charge in [-0.2, -0.15) is 0 Å². The molecular weight excluding hydrogens is 236 g/mol. The van der Waals surface area contributed by atoms with Gasteiger partial charge in [0.25, 0.3) is 0 Å². The van der Waals surface area contributed by atoms with Gasteiger partial charge in [0, 0.05) is 0 Å². The van der Waals surface area contributed by atoms with Crippen molar-refractivity contribution in [2.75, 3.05) is 7.11 Å². The molecule has 2 heteroatoms. The van der Waals surface area contributed by atoms with Gasteiger partial charge in [-0.05, 0) is 61.8 Å². The molecule has 0 atom stereocenters. The molecule has 1 aromatic rings. The van der Waals surface area contributed by atoms with Gasteiger partial charge in [0.15, 0.2) is 0 Å². The van der Waals surface area contributed by atoms with Gasteiger partial charge < -0.3 is 9.84 Å². The van der Waals surface area contributed by atoms with Gasteiger partial charge in [-0.3, -0.25) is 0 Å². The Morgan fingerprint density at radius 2 is 2.00 bits per heavy atom. The molecule has 1 aliphatic carbocycles. The Morgan fingerprint density at radius 1 is 1.32 bits per heavy atom. The molecule has 2 rings (SSSR count). The molecule has 0 aliphatic heterocycles.